The summed E-state index contributed by atoms with van der Waals surface area (Å²) >= 11 is 0. The number of fused-ring (bicyclic) bond motifs is 4. The minimum atomic E-state index is 0.128. The van der Waals surface area contributed by atoms with E-state index < -0.39 is 0 Å². The Morgan fingerprint density at radius 3 is 2.62 bits per heavy atom. The molecule has 3 fully saturated rings. The molecule has 2 aromatic rings. The first kappa shape index (κ1) is 15.5. The molecule has 1 aromatic heterocycles. The molecule has 126 valence electrons. The lowest BCUT2D eigenvalue weighted by atomic mass is 9.93. The van der Waals surface area contributed by atoms with Crippen molar-refractivity contribution in [3.8, 4) is 0 Å². The molecule has 1 amide bonds. The summed E-state index contributed by atoms with van der Waals surface area (Å²) in [5, 5.41) is 0. The van der Waals surface area contributed by atoms with E-state index in [4.69, 9.17) is 4.42 Å². The zero-order chi connectivity index (χ0) is 16.5. The number of hydrogen-bond acceptors (Lipinski definition) is 3. The van der Waals surface area contributed by atoms with E-state index in [1.165, 1.54) is 5.56 Å². The normalized spacial score (nSPS) is 24.4. The second kappa shape index (κ2) is 6.44. The van der Waals surface area contributed by atoms with Crippen LogP contribution in [0.3, 0.4) is 0 Å². The first-order chi connectivity index (χ1) is 11.7. The second-order valence-corrected chi connectivity index (χ2v) is 7.09. The quantitative estimate of drug-likeness (QED) is 0.866. The second-order valence-electron chi connectivity index (χ2n) is 7.09. The Bertz CT molecular complexity index is 709. The van der Waals surface area contributed by atoms with Gasteiger partial charge in [-0.05, 0) is 37.5 Å². The summed E-state index contributed by atoms with van der Waals surface area (Å²) in [4.78, 5) is 17.4. The summed E-state index contributed by atoms with van der Waals surface area (Å²) < 4.78 is 5.73. The number of furan rings is 1. The summed E-state index contributed by atoms with van der Waals surface area (Å²) in [6.45, 7) is 5.29. The third-order valence-corrected chi connectivity index (χ3v) is 5.24. The van der Waals surface area contributed by atoms with Crippen LogP contribution in [0.1, 0.15) is 29.9 Å². The third kappa shape index (κ3) is 3.11. The minimum absolute atomic E-state index is 0.128. The Morgan fingerprint density at radius 2 is 1.88 bits per heavy atom. The van der Waals surface area contributed by atoms with Gasteiger partial charge >= 0.3 is 0 Å². The molecule has 4 heteroatoms. The summed E-state index contributed by atoms with van der Waals surface area (Å²) in [5.74, 6) is 2.40. The maximum Gasteiger partial charge on any atom is 0.227 e. The van der Waals surface area contributed by atoms with E-state index in [1.807, 2.05) is 37.3 Å². The number of aryl methyl sites for hydroxylation is 1. The van der Waals surface area contributed by atoms with E-state index in [9.17, 15) is 4.79 Å². The maximum absolute atomic E-state index is 12.9. The predicted molar refractivity (Wildman–Crippen MR) is 92.2 cm³/mol. The fraction of sp³-hybridized carbons (Fsp3) is 0.450. The summed E-state index contributed by atoms with van der Waals surface area (Å²) in [5.41, 5.74) is 1.21. The van der Waals surface area contributed by atoms with Gasteiger partial charge in [0, 0.05) is 25.7 Å². The van der Waals surface area contributed by atoms with Gasteiger partial charge in [0.15, 0.2) is 0 Å². The number of amides is 1. The van der Waals surface area contributed by atoms with Crippen molar-refractivity contribution in [2.75, 3.05) is 13.1 Å². The molecule has 5 rings (SSSR count). The molecule has 24 heavy (non-hydrogen) atoms. The van der Waals surface area contributed by atoms with Gasteiger partial charge in [0.2, 0.25) is 5.91 Å². The lowest BCUT2D eigenvalue weighted by Gasteiger charge is -2.36. The third-order valence-electron chi connectivity index (χ3n) is 5.24. The van der Waals surface area contributed by atoms with Crippen LogP contribution >= 0.6 is 0 Å². The molecular formula is C20H24N2O2. The van der Waals surface area contributed by atoms with Gasteiger partial charge in [-0.1, -0.05) is 30.3 Å². The topological polar surface area (TPSA) is 36.7 Å². The number of benzene rings is 1. The Balaban J connectivity index is 1.50. The van der Waals surface area contributed by atoms with Crippen LogP contribution in [0, 0.1) is 12.8 Å². The molecule has 4 heterocycles. The van der Waals surface area contributed by atoms with Crippen LogP contribution in [0.5, 0.6) is 0 Å². The van der Waals surface area contributed by atoms with Gasteiger partial charge in [0.25, 0.3) is 0 Å². The van der Waals surface area contributed by atoms with Crippen LogP contribution in [0.4, 0.5) is 0 Å². The highest BCUT2D eigenvalue weighted by Gasteiger charge is 2.40. The minimum Gasteiger partial charge on any atom is -0.465 e. The fourth-order valence-corrected chi connectivity index (χ4v) is 4.04. The predicted octanol–water partition coefficient (Wildman–Crippen LogP) is 3.21. The highest BCUT2D eigenvalue weighted by atomic mass is 16.3. The molecule has 3 aliphatic heterocycles. The van der Waals surface area contributed by atoms with Crippen molar-refractivity contribution in [1.82, 2.24) is 9.80 Å². The largest absolute Gasteiger partial charge is 0.465 e. The first-order valence-corrected chi connectivity index (χ1v) is 8.81. The molecule has 4 nitrogen and oxygen atoms in total. The van der Waals surface area contributed by atoms with Crippen LogP contribution in [-0.2, 0) is 17.9 Å². The van der Waals surface area contributed by atoms with Crippen molar-refractivity contribution >= 4 is 5.91 Å². The van der Waals surface area contributed by atoms with E-state index in [0.29, 0.717) is 11.9 Å². The van der Waals surface area contributed by atoms with Gasteiger partial charge in [-0.25, -0.2) is 0 Å². The molecule has 0 N–H and O–H groups in total. The van der Waals surface area contributed by atoms with Crippen molar-refractivity contribution in [3.63, 3.8) is 0 Å². The Kier molecular flexibility index (Phi) is 4.15. The van der Waals surface area contributed by atoms with E-state index in [1.54, 1.807) is 0 Å². The van der Waals surface area contributed by atoms with E-state index in [-0.39, 0.29) is 5.92 Å². The van der Waals surface area contributed by atoms with Gasteiger partial charge < -0.3 is 9.32 Å². The fourth-order valence-electron chi connectivity index (χ4n) is 4.04. The van der Waals surface area contributed by atoms with Crippen molar-refractivity contribution in [2.24, 2.45) is 5.92 Å². The van der Waals surface area contributed by atoms with Crippen LogP contribution in [0.15, 0.2) is 46.9 Å². The SMILES string of the molecule is Cc1ccc(CN2C[C@H]3CC[C@@H](C2)N(Cc2ccccc2)C3=O)o1. The Morgan fingerprint density at radius 1 is 1.04 bits per heavy atom. The highest BCUT2D eigenvalue weighted by Crippen LogP contribution is 2.31. The molecule has 0 aliphatic carbocycles. The van der Waals surface area contributed by atoms with Gasteiger partial charge in [0.1, 0.15) is 11.5 Å². The van der Waals surface area contributed by atoms with Gasteiger partial charge in [-0.3, -0.25) is 9.69 Å². The lowest BCUT2D eigenvalue weighted by Crippen LogP contribution is -2.47. The summed E-state index contributed by atoms with van der Waals surface area (Å²) in [6.07, 6.45) is 2.12. The first-order valence-electron chi connectivity index (χ1n) is 8.81. The number of nitrogens with zero attached hydrogens (tertiary/aromatic N) is 2. The molecule has 2 bridgehead atoms. The number of rotatable bonds is 4. The van der Waals surface area contributed by atoms with Crippen molar-refractivity contribution < 1.29 is 9.21 Å². The number of piperidine rings is 1. The molecule has 0 saturated carbocycles. The monoisotopic (exact) mass is 324 g/mol. The lowest BCUT2D eigenvalue weighted by molar-refractivity contribution is -0.140. The van der Waals surface area contributed by atoms with Crippen molar-refractivity contribution in [3.05, 3.63) is 59.5 Å². The van der Waals surface area contributed by atoms with Crippen molar-refractivity contribution in [2.45, 2.75) is 38.9 Å². The standard InChI is InChI=1S/C20H24N2O2/c1-15-7-10-19(24-15)14-21-12-17-8-9-18(13-21)22(20(17)23)11-16-5-3-2-4-6-16/h2-7,10,17-18H,8-9,11-14H2,1H3/t17-,18+/m1/s1. The van der Waals surface area contributed by atoms with Crippen molar-refractivity contribution in [1.29, 1.82) is 0 Å². The molecule has 3 aliphatic rings. The highest BCUT2D eigenvalue weighted by molar-refractivity contribution is 5.80. The Labute approximate surface area is 143 Å². The number of carbonyl (C=O) groups is 1. The van der Waals surface area contributed by atoms with E-state index >= 15 is 0 Å². The van der Waals surface area contributed by atoms with Crippen LogP contribution in [0.25, 0.3) is 0 Å². The molecule has 0 spiro atoms. The van der Waals surface area contributed by atoms with Crippen LogP contribution in [-0.4, -0.2) is 34.8 Å². The smallest absolute Gasteiger partial charge is 0.227 e. The molecule has 0 unspecified atom stereocenters. The molecule has 1 aromatic carbocycles. The Hall–Kier alpha value is -2.07. The van der Waals surface area contributed by atoms with Crippen LogP contribution in [0.2, 0.25) is 0 Å². The van der Waals surface area contributed by atoms with Gasteiger partial charge in [-0.15, -0.1) is 0 Å². The average Bonchev–Trinajstić information content (AvgIpc) is 2.82. The van der Waals surface area contributed by atoms with E-state index in [2.05, 4.69) is 21.9 Å². The van der Waals surface area contributed by atoms with Gasteiger partial charge in [0.05, 0.1) is 12.5 Å². The van der Waals surface area contributed by atoms with Gasteiger partial charge in [-0.2, -0.15) is 0 Å². The zero-order valence-electron chi connectivity index (χ0n) is 14.1. The van der Waals surface area contributed by atoms with Crippen LogP contribution < -0.4 is 0 Å². The number of hydrogen-bond donors (Lipinski definition) is 0. The molecule has 0 radical (unpaired) electrons. The number of carbonyl (C=O) groups excluding carboxylic acids is 1. The summed E-state index contributed by atoms with van der Waals surface area (Å²) in [6, 6.07) is 14.7. The summed E-state index contributed by atoms with van der Waals surface area (Å²) in [7, 11) is 0. The molecular weight excluding hydrogens is 300 g/mol. The average molecular weight is 324 g/mol. The molecule has 3 saturated heterocycles. The maximum atomic E-state index is 12.9. The zero-order valence-corrected chi connectivity index (χ0v) is 14.1. The van der Waals surface area contributed by atoms with E-state index in [0.717, 1.165) is 50.5 Å². The molecule has 2 atom stereocenters.